The number of ether oxygens (including phenoxy) is 1. The van der Waals surface area contributed by atoms with Crippen LogP contribution in [0.15, 0.2) is 60.8 Å². The molecule has 0 fully saturated rings. The fourth-order valence-corrected chi connectivity index (χ4v) is 2.74. The zero-order valence-corrected chi connectivity index (χ0v) is 16.4. The minimum absolute atomic E-state index is 0.280. The van der Waals surface area contributed by atoms with Crippen LogP contribution in [0.5, 0.6) is 0 Å². The van der Waals surface area contributed by atoms with Crippen LogP contribution in [-0.4, -0.2) is 16.6 Å². The largest absolute Gasteiger partial charge is 0.456 e. The molecule has 0 bridgehead atoms. The summed E-state index contributed by atoms with van der Waals surface area (Å²) in [5.74, 6) is -0.879. The maximum absolute atomic E-state index is 14.6. The van der Waals surface area contributed by atoms with Crippen LogP contribution in [0.25, 0.3) is 11.3 Å². The van der Waals surface area contributed by atoms with Crippen LogP contribution in [0, 0.1) is 12.7 Å². The lowest BCUT2D eigenvalue weighted by atomic mass is 10.1. The Hall–Kier alpha value is -3.21. The monoisotopic (exact) mass is 378 g/mol. The number of hydrogen-bond acceptors (Lipinski definition) is 4. The van der Waals surface area contributed by atoms with Crippen molar-refractivity contribution in [3.63, 3.8) is 0 Å². The molecule has 1 aromatic heterocycles. The minimum Gasteiger partial charge on any atom is -0.456 e. The van der Waals surface area contributed by atoms with Crippen molar-refractivity contribution in [3.05, 3.63) is 77.7 Å². The molecule has 0 spiro atoms. The molecule has 0 unspecified atom stereocenters. The molecule has 0 radical (unpaired) electrons. The summed E-state index contributed by atoms with van der Waals surface area (Å²) in [5.41, 5.74) is 2.68. The number of anilines is 2. The molecule has 0 aliphatic rings. The van der Waals surface area contributed by atoms with Gasteiger partial charge < -0.3 is 10.1 Å². The van der Waals surface area contributed by atoms with Gasteiger partial charge in [-0.25, -0.2) is 9.18 Å². The highest BCUT2D eigenvalue weighted by Gasteiger charge is 2.21. The van der Waals surface area contributed by atoms with Gasteiger partial charge in [0.15, 0.2) is 5.82 Å². The highest BCUT2D eigenvalue weighted by Crippen LogP contribution is 2.27. The fraction of sp³-hybridized carbons (Fsp3) is 0.217. The number of rotatable bonds is 4. The van der Waals surface area contributed by atoms with E-state index in [0.29, 0.717) is 22.5 Å². The number of pyridine rings is 1. The van der Waals surface area contributed by atoms with Gasteiger partial charge in [0.25, 0.3) is 0 Å². The Morgan fingerprint density at radius 1 is 1.07 bits per heavy atom. The first-order valence-electron chi connectivity index (χ1n) is 9.05. The highest BCUT2D eigenvalue weighted by molar-refractivity contribution is 5.97. The number of aromatic nitrogens is 1. The molecule has 0 saturated heterocycles. The van der Waals surface area contributed by atoms with Crippen molar-refractivity contribution < 1.29 is 13.9 Å². The molecule has 3 rings (SSSR count). The van der Waals surface area contributed by atoms with E-state index >= 15 is 0 Å². The summed E-state index contributed by atoms with van der Waals surface area (Å²) in [6, 6.07) is 15.9. The summed E-state index contributed by atoms with van der Waals surface area (Å²) in [6.45, 7) is 7.34. The molecule has 0 atom stereocenters. The third-order valence-corrected chi connectivity index (χ3v) is 3.96. The lowest BCUT2D eigenvalue weighted by Gasteiger charge is -2.21. The average Bonchev–Trinajstić information content (AvgIpc) is 2.62. The van der Waals surface area contributed by atoms with Crippen LogP contribution in [0.4, 0.5) is 15.8 Å². The number of nitrogens with zero attached hydrogens (tertiary/aromatic N) is 1. The number of aryl methyl sites for hydroxylation is 1. The Kier molecular flexibility index (Phi) is 5.45. The van der Waals surface area contributed by atoms with Crippen molar-refractivity contribution in [2.75, 3.05) is 5.32 Å². The molecule has 0 amide bonds. The maximum Gasteiger partial charge on any atom is 0.340 e. The molecule has 1 heterocycles. The zero-order chi connectivity index (χ0) is 20.3. The van der Waals surface area contributed by atoms with Crippen molar-refractivity contribution in [3.8, 4) is 11.3 Å². The zero-order valence-electron chi connectivity index (χ0n) is 16.4. The predicted octanol–water partition coefficient (Wildman–Crippen LogP) is 5.90. The first-order chi connectivity index (χ1) is 13.2. The molecule has 4 nitrogen and oxygen atoms in total. The highest BCUT2D eigenvalue weighted by atomic mass is 19.1. The number of esters is 1. The van der Waals surface area contributed by atoms with Crippen molar-refractivity contribution in [1.29, 1.82) is 0 Å². The smallest absolute Gasteiger partial charge is 0.340 e. The standard InChI is InChI=1S/C23H23FN2O2/c1-15-10-11-20(18(12-15)22(27)28-23(2,3)4)26-17-13-19(24)21(25-14-17)16-8-6-5-7-9-16/h5-14,26H,1-4H3. The molecular weight excluding hydrogens is 355 g/mol. The van der Waals surface area contributed by atoms with E-state index in [-0.39, 0.29) is 5.69 Å². The number of benzene rings is 2. The van der Waals surface area contributed by atoms with Gasteiger partial charge in [0.1, 0.15) is 11.3 Å². The number of carbonyl (C=O) groups excluding carboxylic acids is 1. The minimum atomic E-state index is -0.608. The SMILES string of the molecule is Cc1ccc(Nc2cnc(-c3ccccc3)c(F)c2)c(C(=O)OC(C)(C)C)c1. The van der Waals surface area contributed by atoms with E-state index in [0.717, 1.165) is 5.56 Å². The van der Waals surface area contributed by atoms with E-state index in [2.05, 4.69) is 10.3 Å². The van der Waals surface area contributed by atoms with Crippen LogP contribution in [0.1, 0.15) is 36.7 Å². The summed E-state index contributed by atoms with van der Waals surface area (Å²) >= 11 is 0. The fourth-order valence-electron chi connectivity index (χ4n) is 2.74. The van der Waals surface area contributed by atoms with Gasteiger partial charge in [0.2, 0.25) is 0 Å². The van der Waals surface area contributed by atoms with Gasteiger partial charge in [0, 0.05) is 11.6 Å². The summed E-state index contributed by atoms with van der Waals surface area (Å²) in [4.78, 5) is 16.8. The quantitative estimate of drug-likeness (QED) is 0.575. The molecule has 3 aromatic rings. The molecule has 0 aliphatic heterocycles. The second kappa shape index (κ2) is 7.80. The number of carbonyl (C=O) groups is 1. The van der Waals surface area contributed by atoms with E-state index in [1.54, 1.807) is 30.5 Å². The number of halogens is 1. The van der Waals surface area contributed by atoms with Crippen molar-refractivity contribution in [2.45, 2.75) is 33.3 Å². The molecule has 0 saturated carbocycles. The number of nitrogens with one attached hydrogen (secondary N) is 1. The topological polar surface area (TPSA) is 51.2 Å². The lowest BCUT2D eigenvalue weighted by molar-refractivity contribution is 0.00706. The lowest BCUT2D eigenvalue weighted by Crippen LogP contribution is -2.24. The van der Waals surface area contributed by atoms with Crippen LogP contribution < -0.4 is 5.32 Å². The summed E-state index contributed by atoms with van der Waals surface area (Å²) in [7, 11) is 0. The molecule has 144 valence electrons. The molecule has 2 aromatic carbocycles. The van der Waals surface area contributed by atoms with Gasteiger partial charge >= 0.3 is 5.97 Å². The van der Waals surface area contributed by atoms with Gasteiger partial charge in [-0.3, -0.25) is 4.98 Å². The normalized spacial score (nSPS) is 11.2. The second-order valence-corrected chi connectivity index (χ2v) is 7.60. The van der Waals surface area contributed by atoms with Crippen molar-refractivity contribution >= 4 is 17.3 Å². The summed E-state index contributed by atoms with van der Waals surface area (Å²) in [5, 5.41) is 3.08. The van der Waals surface area contributed by atoms with E-state index < -0.39 is 17.4 Å². The van der Waals surface area contributed by atoms with Gasteiger partial charge in [0.05, 0.1) is 23.1 Å². The van der Waals surface area contributed by atoms with Crippen LogP contribution in [-0.2, 0) is 4.74 Å². The summed E-state index contributed by atoms with van der Waals surface area (Å²) in [6.07, 6.45) is 1.55. The second-order valence-electron chi connectivity index (χ2n) is 7.60. The van der Waals surface area contributed by atoms with Gasteiger partial charge in [-0.15, -0.1) is 0 Å². The van der Waals surface area contributed by atoms with Crippen molar-refractivity contribution in [1.82, 2.24) is 4.98 Å². The molecule has 1 N–H and O–H groups in total. The Morgan fingerprint density at radius 2 is 1.79 bits per heavy atom. The Balaban J connectivity index is 1.90. The average molecular weight is 378 g/mol. The Morgan fingerprint density at radius 3 is 2.43 bits per heavy atom. The van der Waals surface area contributed by atoms with Gasteiger partial charge in [-0.2, -0.15) is 0 Å². The molecular formula is C23H23FN2O2. The van der Waals surface area contributed by atoms with Crippen molar-refractivity contribution in [2.24, 2.45) is 0 Å². The molecule has 28 heavy (non-hydrogen) atoms. The number of hydrogen-bond donors (Lipinski definition) is 1. The summed E-state index contributed by atoms with van der Waals surface area (Å²) < 4.78 is 20.1. The first-order valence-corrected chi connectivity index (χ1v) is 9.05. The van der Waals surface area contributed by atoms with E-state index in [9.17, 15) is 9.18 Å². The van der Waals surface area contributed by atoms with Gasteiger partial charge in [-0.05, 0) is 39.8 Å². The third-order valence-electron chi connectivity index (χ3n) is 3.96. The first kappa shape index (κ1) is 19.5. The van der Waals surface area contributed by atoms with E-state index in [1.807, 2.05) is 52.0 Å². The van der Waals surface area contributed by atoms with Crippen LogP contribution in [0.2, 0.25) is 0 Å². The van der Waals surface area contributed by atoms with Crippen LogP contribution >= 0.6 is 0 Å². The molecule has 0 aliphatic carbocycles. The molecule has 5 heteroatoms. The maximum atomic E-state index is 14.6. The van der Waals surface area contributed by atoms with E-state index in [1.165, 1.54) is 6.07 Å². The van der Waals surface area contributed by atoms with E-state index in [4.69, 9.17) is 4.74 Å². The Labute approximate surface area is 164 Å². The van der Waals surface area contributed by atoms with Crippen LogP contribution in [0.3, 0.4) is 0 Å². The Bertz CT molecular complexity index is 995. The predicted molar refractivity (Wildman–Crippen MR) is 109 cm³/mol. The van der Waals surface area contributed by atoms with Gasteiger partial charge in [-0.1, -0.05) is 42.0 Å². The third kappa shape index (κ3) is 4.74.